The van der Waals surface area contributed by atoms with Crippen LogP contribution in [0.1, 0.15) is 41.0 Å². The van der Waals surface area contributed by atoms with Crippen molar-refractivity contribution >= 4 is 17.5 Å². The van der Waals surface area contributed by atoms with E-state index in [-0.39, 0.29) is 11.8 Å². The molecule has 0 aromatic heterocycles. The summed E-state index contributed by atoms with van der Waals surface area (Å²) in [6, 6.07) is 16.3. The van der Waals surface area contributed by atoms with E-state index in [1.165, 1.54) is 0 Å². The second-order valence-electron chi connectivity index (χ2n) is 6.22. The van der Waals surface area contributed by atoms with E-state index in [0.29, 0.717) is 23.6 Å². The minimum Gasteiger partial charge on any atom is -0.352 e. The number of anilines is 1. The Kier molecular flexibility index (Phi) is 6.13. The van der Waals surface area contributed by atoms with Crippen LogP contribution in [0.3, 0.4) is 0 Å². The van der Waals surface area contributed by atoms with E-state index in [4.69, 9.17) is 0 Å². The van der Waals surface area contributed by atoms with Crippen molar-refractivity contribution in [1.29, 1.82) is 0 Å². The van der Waals surface area contributed by atoms with E-state index >= 15 is 0 Å². The first-order chi connectivity index (χ1) is 11.5. The van der Waals surface area contributed by atoms with Crippen molar-refractivity contribution in [2.45, 2.75) is 20.3 Å². The number of para-hydroxylation sites is 1. The van der Waals surface area contributed by atoms with Gasteiger partial charge >= 0.3 is 0 Å². The summed E-state index contributed by atoms with van der Waals surface area (Å²) in [6.07, 6.45) is 0.932. The molecule has 0 heterocycles. The Morgan fingerprint density at radius 3 is 2.33 bits per heavy atom. The van der Waals surface area contributed by atoms with Crippen molar-refractivity contribution in [3.05, 3.63) is 65.7 Å². The van der Waals surface area contributed by atoms with Gasteiger partial charge in [-0.05, 0) is 42.7 Å². The molecule has 0 saturated heterocycles. The molecule has 1 N–H and O–H groups in total. The van der Waals surface area contributed by atoms with Crippen LogP contribution in [0.4, 0.5) is 5.69 Å². The van der Waals surface area contributed by atoms with E-state index in [9.17, 15) is 9.59 Å². The number of nitrogens with zero attached hydrogens (tertiary/aromatic N) is 1. The zero-order valence-corrected chi connectivity index (χ0v) is 14.5. The molecule has 0 radical (unpaired) electrons. The van der Waals surface area contributed by atoms with E-state index in [0.717, 1.165) is 12.1 Å². The standard InChI is InChI=1S/C20H24N2O2/c1-15(2)12-13-21-19(23)16-8-7-9-17(14-16)20(24)22(3)18-10-5-4-6-11-18/h4-11,14-15H,12-13H2,1-3H3,(H,21,23). The van der Waals surface area contributed by atoms with Gasteiger partial charge in [-0.15, -0.1) is 0 Å². The smallest absolute Gasteiger partial charge is 0.258 e. The first-order valence-corrected chi connectivity index (χ1v) is 8.20. The average Bonchev–Trinajstić information content (AvgIpc) is 2.61. The van der Waals surface area contributed by atoms with Crippen LogP contribution in [0.2, 0.25) is 0 Å². The number of hydrogen-bond acceptors (Lipinski definition) is 2. The number of nitrogens with one attached hydrogen (secondary N) is 1. The maximum absolute atomic E-state index is 12.6. The van der Waals surface area contributed by atoms with Crippen LogP contribution in [0.5, 0.6) is 0 Å². The molecule has 0 aliphatic carbocycles. The Bertz CT molecular complexity index is 696. The Hall–Kier alpha value is -2.62. The van der Waals surface area contributed by atoms with Crippen molar-refractivity contribution in [2.75, 3.05) is 18.5 Å². The molecule has 0 aliphatic heterocycles. The molecule has 0 atom stereocenters. The molecule has 2 aromatic carbocycles. The van der Waals surface area contributed by atoms with Gasteiger partial charge in [0, 0.05) is 30.4 Å². The second-order valence-corrected chi connectivity index (χ2v) is 6.22. The highest BCUT2D eigenvalue weighted by Gasteiger charge is 2.15. The average molecular weight is 324 g/mol. The van der Waals surface area contributed by atoms with E-state index < -0.39 is 0 Å². The molecular formula is C20H24N2O2. The zero-order chi connectivity index (χ0) is 17.5. The van der Waals surface area contributed by atoms with Crippen LogP contribution in [0.15, 0.2) is 54.6 Å². The summed E-state index contributed by atoms with van der Waals surface area (Å²) in [5.74, 6) is 0.253. The fraction of sp³-hybridized carbons (Fsp3) is 0.300. The number of carbonyl (C=O) groups is 2. The quantitative estimate of drug-likeness (QED) is 0.880. The third-order valence-corrected chi connectivity index (χ3v) is 3.83. The van der Waals surface area contributed by atoms with E-state index in [1.54, 1.807) is 36.2 Å². The van der Waals surface area contributed by atoms with Crippen molar-refractivity contribution < 1.29 is 9.59 Å². The van der Waals surface area contributed by atoms with Crippen LogP contribution in [-0.2, 0) is 0 Å². The molecule has 0 unspecified atom stereocenters. The number of amides is 2. The van der Waals surface area contributed by atoms with Crippen molar-refractivity contribution in [1.82, 2.24) is 5.32 Å². The Morgan fingerprint density at radius 1 is 1.00 bits per heavy atom. The molecular weight excluding hydrogens is 300 g/mol. The molecule has 126 valence electrons. The number of benzene rings is 2. The topological polar surface area (TPSA) is 49.4 Å². The Labute approximate surface area is 143 Å². The molecule has 0 spiro atoms. The maximum Gasteiger partial charge on any atom is 0.258 e. The van der Waals surface area contributed by atoms with Gasteiger partial charge in [-0.1, -0.05) is 38.1 Å². The lowest BCUT2D eigenvalue weighted by atomic mass is 10.1. The lowest BCUT2D eigenvalue weighted by Crippen LogP contribution is -2.28. The lowest BCUT2D eigenvalue weighted by Gasteiger charge is -2.17. The summed E-state index contributed by atoms with van der Waals surface area (Å²) in [5.41, 5.74) is 1.82. The normalized spacial score (nSPS) is 10.5. The van der Waals surface area contributed by atoms with E-state index in [1.807, 2.05) is 30.3 Å². The minimum absolute atomic E-state index is 0.141. The fourth-order valence-electron chi connectivity index (χ4n) is 2.33. The van der Waals surface area contributed by atoms with Gasteiger partial charge in [-0.25, -0.2) is 0 Å². The fourth-order valence-corrected chi connectivity index (χ4v) is 2.33. The van der Waals surface area contributed by atoms with Crippen molar-refractivity contribution in [3.8, 4) is 0 Å². The molecule has 4 nitrogen and oxygen atoms in total. The van der Waals surface area contributed by atoms with Gasteiger partial charge in [0.1, 0.15) is 0 Å². The predicted octanol–water partition coefficient (Wildman–Crippen LogP) is 3.74. The van der Waals surface area contributed by atoms with Crippen LogP contribution < -0.4 is 10.2 Å². The molecule has 24 heavy (non-hydrogen) atoms. The summed E-state index contributed by atoms with van der Waals surface area (Å²) in [7, 11) is 1.73. The van der Waals surface area contributed by atoms with Gasteiger partial charge in [0.2, 0.25) is 0 Å². The highest BCUT2D eigenvalue weighted by Crippen LogP contribution is 2.15. The van der Waals surface area contributed by atoms with Crippen LogP contribution in [-0.4, -0.2) is 25.4 Å². The SMILES string of the molecule is CC(C)CCNC(=O)c1cccc(C(=O)N(C)c2ccccc2)c1. The zero-order valence-electron chi connectivity index (χ0n) is 14.5. The molecule has 2 rings (SSSR count). The summed E-state index contributed by atoms with van der Waals surface area (Å²) < 4.78 is 0. The lowest BCUT2D eigenvalue weighted by molar-refractivity contribution is 0.0952. The Balaban J connectivity index is 2.09. The number of carbonyl (C=O) groups excluding carboxylic acids is 2. The summed E-state index contributed by atoms with van der Waals surface area (Å²) in [5, 5.41) is 2.89. The molecule has 2 amide bonds. The molecule has 0 fully saturated rings. The predicted molar refractivity (Wildman–Crippen MR) is 97.4 cm³/mol. The number of rotatable bonds is 6. The van der Waals surface area contributed by atoms with Crippen LogP contribution in [0, 0.1) is 5.92 Å². The maximum atomic E-state index is 12.6. The first kappa shape index (κ1) is 17.7. The minimum atomic E-state index is -0.146. The highest BCUT2D eigenvalue weighted by atomic mass is 16.2. The largest absolute Gasteiger partial charge is 0.352 e. The van der Waals surface area contributed by atoms with Gasteiger partial charge in [0.15, 0.2) is 0 Å². The number of hydrogen-bond donors (Lipinski definition) is 1. The first-order valence-electron chi connectivity index (χ1n) is 8.20. The van der Waals surface area contributed by atoms with Crippen molar-refractivity contribution in [2.24, 2.45) is 5.92 Å². The third kappa shape index (κ3) is 4.69. The van der Waals surface area contributed by atoms with Crippen LogP contribution >= 0.6 is 0 Å². The van der Waals surface area contributed by atoms with E-state index in [2.05, 4.69) is 19.2 Å². The second kappa shape index (κ2) is 8.29. The summed E-state index contributed by atoms with van der Waals surface area (Å²) in [6.45, 7) is 4.87. The van der Waals surface area contributed by atoms with Gasteiger partial charge in [-0.3, -0.25) is 9.59 Å². The van der Waals surface area contributed by atoms with Gasteiger partial charge in [0.25, 0.3) is 11.8 Å². The third-order valence-electron chi connectivity index (χ3n) is 3.83. The molecule has 2 aromatic rings. The molecule has 0 bridgehead atoms. The monoisotopic (exact) mass is 324 g/mol. The van der Waals surface area contributed by atoms with Gasteiger partial charge in [-0.2, -0.15) is 0 Å². The molecule has 0 aliphatic rings. The van der Waals surface area contributed by atoms with Crippen molar-refractivity contribution in [3.63, 3.8) is 0 Å². The molecule has 0 saturated carbocycles. The summed E-state index contributed by atoms with van der Waals surface area (Å²) >= 11 is 0. The van der Waals surface area contributed by atoms with Crippen LogP contribution in [0.25, 0.3) is 0 Å². The Morgan fingerprint density at radius 2 is 1.67 bits per heavy atom. The highest BCUT2D eigenvalue weighted by molar-refractivity contribution is 6.07. The van der Waals surface area contributed by atoms with Gasteiger partial charge < -0.3 is 10.2 Å². The molecule has 4 heteroatoms. The summed E-state index contributed by atoms with van der Waals surface area (Å²) in [4.78, 5) is 26.4. The van der Waals surface area contributed by atoms with Gasteiger partial charge in [0.05, 0.1) is 0 Å².